The molecule has 0 aromatic carbocycles. The molecule has 0 atom stereocenters. The van der Waals surface area contributed by atoms with Crippen LogP contribution in [0.5, 0.6) is 0 Å². The lowest BCUT2D eigenvalue weighted by atomic mass is 10.4. The van der Waals surface area contributed by atoms with E-state index in [9.17, 15) is 26.4 Å². The highest BCUT2D eigenvalue weighted by atomic mass is 32.2. The molecule has 1 rings (SSSR count). The number of aryl methyl sites for hydroxylation is 1. The van der Waals surface area contributed by atoms with Crippen LogP contribution in [0.25, 0.3) is 0 Å². The lowest BCUT2D eigenvalue weighted by Gasteiger charge is -2.08. The summed E-state index contributed by atoms with van der Waals surface area (Å²) < 4.78 is 58.6. The lowest BCUT2D eigenvalue weighted by Crippen LogP contribution is -2.34. The monoisotopic (exact) mass is 285 g/mol. The average Bonchev–Trinajstić information content (AvgIpc) is 2.62. The van der Waals surface area contributed by atoms with Crippen molar-refractivity contribution in [3.63, 3.8) is 0 Å². The Labute approximate surface area is 101 Å². The van der Waals surface area contributed by atoms with Gasteiger partial charge in [-0.05, 0) is 6.07 Å². The summed E-state index contributed by atoms with van der Waals surface area (Å²) in [4.78, 5) is 11.3. The first-order valence-electron chi connectivity index (χ1n) is 4.70. The summed E-state index contributed by atoms with van der Waals surface area (Å²) in [5.41, 5.74) is -5.30. The molecule has 1 heterocycles. The molecular weight excluding hydrogens is 275 g/mol. The fourth-order valence-electron chi connectivity index (χ4n) is 1.04. The largest absolute Gasteiger partial charge is 0.497 e. The molecule has 1 N–H and O–H groups in total. The maximum Gasteiger partial charge on any atom is 0.497 e. The second kappa shape index (κ2) is 4.96. The number of aromatic nitrogens is 2. The zero-order valence-electron chi connectivity index (χ0n) is 9.23. The van der Waals surface area contributed by atoms with Crippen molar-refractivity contribution in [2.75, 3.05) is 12.3 Å². The average molecular weight is 285 g/mol. The highest BCUT2D eigenvalue weighted by Crippen LogP contribution is 2.23. The van der Waals surface area contributed by atoms with Crippen LogP contribution in [0.2, 0.25) is 0 Å². The molecule has 6 nitrogen and oxygen atoms in total. The zero-order chi connectivity index (χ0) is 14.0. The molecule has 102 valence electrons. The normalized spacial score (nSPS) is 12.4. The second-order valence-corrected chi connectivity index (χ2v) is 5.50. The Bertz CT molecular complexity index is 535. The predicted molar refractivity (Wildman–Crippen MR) is 55.4 cm³/mol. The summed E-state index contributed by atoms with van der Waals surface area (Å²) in [6, 6.07) is 1.35. The SMILES string of the molecule is Cn1ccc(C(=O)NCCS(=O)(=O)C(F)(F)F)n1. The van der Waals surface area contributed by atoms with Crippen molar-refractivity contribution in [1.82, 2.24) is 15.1 Å². The Balaban J connectivity index is 2.51. The van der Waals surface area contributed by atoms with E-state index in [1.54, 1.807) is 7.05 Å². The number of carbonyl (C=O) groups excluding carboxylic acids is 1. The minimum absolute atomic E-state index is 0.00177. The molecular formula is C8H10F3N3O3S. The van der Waals surface area contributed by atoms with E-state index in [0.29, 0.717) is 0 Å². The highest BCUT2D eigenvalue weighted by Gasteiger charge is 2.44. The third-order valence-corrected chi connectivity index (χ3v) is 3.40. The summed E-state index contributed by atoms with van der Waals surface area (Å²) in [7, 11) is -3.65. The van der Waals surface area contributed by atoms with Gasteiger partial charge in [-0.25, -0.2) is 8.42 Å². The Morgan fingerprint density at radius 1 is 1.50 bits per heavy atom. The van der Waals surface area contributed by atoms with Gasteiger partial charge in [0, 0.05) is 19.8 Å². The summed E-state index contributed by atoms with van der Waals surface area (Å²) >= 11 is 0. The van der Waals surface area contributed by atoms with Gasteiger partial charge >= 0.3 is 5.51 Å². The Kier molecular flexibility index (Phi) is 3.99. The van der Waals surface area contributed by atoms with Gasteiger partial charge < -0.3 is 5.32 Å². The number of nitrogens with zero attached hydrogens (tertiary/aromatic N) is 2. The van der Waals surface area contributed by atoms with Crippen LogP contribution in [0.1, 0.15) is 10.5 Å². The number of amides is 1. The molecule has 10 heteroatoms. The molecule has 0 fully saturated rings. The van der Waals surface area contributed by atoms with E-state index in [2.05, 4.69) is 5.10 Å². The number of hydrogen-bond donors (Lipinski definition) is 1. The van der Waals surface area contributed by atoms with Gasteiger partial charge in [-0.2, -0.15) is 18.3 Å². The molecule has 1 aromatic heterocycles. The molecule has 0 spiro atoms. The van der Waals surface area contributed by atoms with Gasteiger partial charge in [0.25, 0.3) is 5.91 Å². The van der Waals surface area contributed by atoms with E-state index in [1.807, 2.05) is 5.32 Å². The summed E-state index contributed by atoms with van der Waals surface area (Å²) in [6.07, 6.45) is 1.47. The molecule has 0 saturated heterocycles. The maximum absolute atomic E-state index is 12.0. The standard InChI is InChI=1S/C8H10F3N3O3S/c1-14-4-2-6(13-14)7(15)12-3-5-18(16,17)8(9,10)11/h2,4H,3,5H2,1H3,(H,12,15). The van der Waals surface area contributed by atoms with Crippen LogP contribution in [-0.2, 0) is 16.9 Å². The van der Waals surface area contributed by atoms with Crippen LogP contribution in [-0.4, -0.2) is 41.9 Å². The van der Waals surface area contributed by atoms with E-state index in [4.69, 9.17) is 0 Å². The molecule has 0 bridgehead atoms. The van der Waals surface area contributed by atoms with E-state index in [-0.39, 0.29) is 5.69 Å². The van der Waals surface area contributed by atoms with Crippen LogP contribution >= 0.6 is 0 Å². The molecule has 0 radical (unpaired) electrons. The van der Waals surface area contributed by atoms with Gasteiger partial charge in [0.2, 0.25) is 9.84 Å². The topological polar surface area (TPSA) is 81.1 Å². The lowest BCUT2D eigenvalue weighted by molar-refractivity contribution is -0.0435. The number of rotatable bonds is 4. The fraction of sp³-hybridized carbons (Fsp3) is 0.500. The van der Waals surface area contributed by atoms with Crippen molar-refractivity contribution in [2.45, 2.75) is 5.51 Å². The Morgan fingerprint density at radius 2 is 2.11 bits per heavy atom. The fourth-order valence-corrected chi connectivity index (χ4v) is 1.64. The molecule has 0 aliphatic heterocycles. The van der Waals surface area contributed by atoms with Gasteiger partial charge in [-0.1, -0.05) is 0 Å². The quantitative estimate of drug-likeness (QED) is 0.849. The van der Waals surface area contributed by atoms with Gasteiger partial charge in [0.1, 0.15) is 5.69 Å². The van der Waals surface area contributed by atoms with Crippen LogP contribution in [0.4, 0.5) is 13.2 Å². The first-order valence-corrected chi connectivity index (χ1v) is 6.35. The number of carbonyl (C=O) groups is 1. The molecule has 0 unspecified atom stereocenters. The van der Waals surface area contributed by atoms with Gasteiger partial charge in [0.05, 0.1) is 5.75 Å². The van der Waals surface area contributed by atoms with Gasteiger partial charge in [0.15, 0.2) is 0 Å². The van der Waals surface area contributed by atoms with Gasteiger partial charge in [-0.15, -0.1) is 0 Å². The van der Waals surface area contributed by atoms with Crippen molar-refractivity contribution >= 4 is 15.7 Å². The molecule has 1 aromatic rings. The Morgan fingerprint density at radius 3 is 2.56 bits per heavy atom. The second-order valence-electron chi connectivity index (χ2n) is 3.40. The highest BCUT2D eigenvalue weighted by molar-refractivity contribution is 7.92. The van der Waals surface area contributed by atoms with Crippen LogP contribution in [0.3, 0.4) is 0 Å². The molecule has 0 aliphatic rings. The summed E-state index contributed by atoms with van der Waals surface area (Å²) in [6.45, 7) is -0.628. The first-order chi connectivity index (χ1) is 8.13. The third kappa shape index (κ3) is 3.45. The third-order valence-electron chi connectivity index (χ3n) is 1.96. The van der Waals surface area contributed by atoms with E-state index < -0.39 is 33.6 Å². The predicted octanol–water partition coefficient (Wildman–Crippen LogP) is 0.0845. The Hall–Kier alpha value is -1.58. The van der Waals surface area contributed by atoms with Crippen LogP contribution in [0, 0.1) is 0 Å². The number of halogens is 3. The maximum atomic E-state index is 12.0. The summed E-state index contributed by atoms with van der Waals surface area (Å²) in [5, 5.41) is 5.75. The van der Waals surface area contributed by atoms with Crippen molar-refractivity contribution in [2.24, 2.45) is 7.05 Å². The van der Waals surface area contributed by atoms with Crippen molar-refractivity contribution in [3.8, 4) is 0 Å². The number of alkyl halides is 3. The summed E-state index contributed by atoms with van der Waals surface area (Å²) in [5.74, 6) is -1.93. The van der Waals surface area contributed by atoms with Crippen molar-refractivity contribution in [1.29, 1.82) is 0 Å². The first kappa shape index (κ1) is 14.5. The van der Waals surface area contributed by atoms with E-state index in [0.717, 1.165) is 0 Å². The van der Waals surface area contributed by atoms with E-state index in [1.165, 1.54) is 16.9 Å². The number of sulfone groups is 1. The molecule has 18 heavy (non-hydrogen) atoms. The van der Waals surface area contributed by atoms with E-state index >= 15 is 0 Å². The zero-order valence-corrected chi connectivity index (χ0v) is 10.0. The molecule has 1 amide bonds. The van der Waals surface area contributed by atoms with Crippen LogP contribution < -0.4 is 5.32 Å². The van der Waals surface area contributed by atoms with Crippen molar-refractivity contribution in [3.05, 3.63) is 18.0 Å². The molecule has 0 saturated carbocycles. The van der Waals surface area contributed by atoms with Crippen molar-refractivity contribution < 1.29 is 26.4 Å². The smallest absolute Gasteiger partial charge is 0.350 e. The van der Waals surface area contributed by atoms with Crippen LogP contribution in [0.15, 0.2) is 12.3 Å². The minimum atomic E-state index is -5.30. The molecule has 0 aliphatic carbocycles. The van der Waals surface area contributed by atoms with Gasteiger partial charge in [-0.3, -0.25) is 9.48 Å². The number of nitrogens with one attached hydrogen (secondary N) is 1. The minimum Gasteiger partial charge on any atom is -0.350 e. The number of hydrogen-bond acceptors (Lipinski definition) is 4.